The number of rotatable bonds is 12. The van der Waals surface area contributed by atoms with E-state index in [1.165, 1.54) is 6.20 Å². The summed E-state index contributed by atoms with van der Waals surface area (Å²) < 4.78 is 5.71. The summed E-state index contributed by atoms with van der Waals surface area (Å²) in [5, 5.41) is 13.3. The van der Waals surface area contributed by atoms with Crippen molar-refractivity contribution in [1.29, 1.82) is 5.41 Å². The van der Waals surface area contributed by atoms with Gasteiger partial charge in [0.15, 0.2) is 0 Å². The highest BCUT2D eigenvalue weighted by Crippen LogP contribution is 2.39. The zero-order valence-electron chi connectivity index (χ0n) is 22.7. The highest BCUT2D eigenvalue weighted by Gasteiger charge is 2.50. The molecule has 5 N–H and O–H groups in total. The monoisotopic (exact) mass is 526 g/mol. The lowest BCUT2D eigenvalue weighted by molar-refractivity contribution is -0.147. The molecule has 1 aromatic carbocycles. The first-order chi connectivity index (χ1) is 18.1. The topological polar surface area (TPSA) is 141 Å². The maximum atomic E-state index is 13.4. The average molecular weight is 527 g/mol. The quantitative estimate of drug-likeness (QED) is 0.243. The number of hydrogen-bond donors (Lipinski definition) is 4. The van der Waals surface area contributed by atoms with Gasteiger partial charge in [0.2, 0.25) is 17.7 Å². The predicted octanol–water partition coefficient (Wildman–Crippen LogP) is 2.10. The number of amides is 3. The number of piperidine rings is 1. The molecule has 0 radical (unpaired) electrons. The number of ether oxygens (including phenoxy) is 1. The summed E-state index contributed by atoms with van der Waals surface area (Å²) in [5.74, 6) is -0.322. The fourth-order valence-electron chi connectivity index (χ4n) is 4.61. The summed E-state index contributed by atoms with van der Waals surface area (Å²) in [5.41, 5.74) is 4.88. The van der Waals surface area contributed by atoms with Gasteiger partial charge in [-0.1, -0.05) is 37.3 Å². The molecular weight excluding hydrogens is 484 g/mol. The van der Waals surface area contributed by atoms with E-state index in [2.05, 4.69) is 17.6 Å². The molecule has 1 aliphatic heterocycles. The molecule has 1 saturated carbocycles. The Morgan fingerprint density at radius 2 is 1.89 bits per heavy atom. The van der Waals surface area contributed by atoms with Crippen molar-refractivity contribution < 1.29 is 19.1 Å². The normalized spacial score (nSPS) is 18.4. The minimum absolute atomic E-state index is 0.0414. The molecule has 2 fully saturated rings. The Hall–Kier alpha value is -3.24. The second-order valence-electron chi connectivity index (χ2n) is 11.0. The summed E-state index contributed by atoms with van der Waals surface area (Å²) >= 11 is 0. The van der Waals surface area contributed by atoms with Crippen LogP contribution in [0.3, 0.4) is 0 Å². The van der Waals surface area contributed by atoms with Crippen LogP contribution >= 0.6 is 0 Å². The van der Waals surface area contributed by atoms with Crippen LogP contribution in [0, 0.1) is 11.3 Å². The van der Waals surface area contributed by atoms with Crippen molar-refractivity contribution in [2.24, 2.45) is 11.7 Å². The maximum Gasteiger partial charge on any atom is 0.248 e. The van der Waals surface area contributed by atoms with Crippen molar-refractivity contribution in [1.82, 2.24) is 20.4 Å². The molecule has 0 bridgehead atoms. The summed E-state index contributed by atoms with van der Waals surface area (Å²) in [4.78, 5) is 42.4. The Morgan fingerprint density at radius 1 is 1.24 bits per heavy atom. The van der Waals surface area contributed by atoms with E-state index in [4.69, 9.17) is 15.9 Å². The highest BCUT2D eigenvalue weighted by molar-refractivity contribution is 5.92. The van der Waals surface area contributed by atoms with Crippen LogP contribution in [0.2, 0.25) is 0 Å². The van der Waals surface area contributed by atoms with Gasteiger partial charge in [0, 0.05) is 25.5 Å². The van der Waals surface area contributed by atoms with Crippen LogP contribution in [0.15, 0.2) is 42.7 Å². The van der Waals surface area contributed by atoms with Crippen LogP contribution < -0.4 is 16.4 Å². The summed E-state index contributed by atoms with van der Waals surface area (Å²) in [6, 6.07) is 8.53. The third-order valence-electron chi connectivity index (χ3n) is 7.35. The third-order valence-corrected chi connectivity index (χ3v) is 7.35. The minimum Gasteiger partial charge on any atom is -0.374 e. The molecule has 38 heavy (non-hydrogen) atoms. The smallest absolute Gasteiger partial charge is 0.248 e. The molecule has 10 nitrogen and oxygen atoms in total. The van der Waals surface area contributed by atoms with Gasteiger partial charge in [-0.25, -0.2) is 0 Å². The predicted molar refractivity (Wildman–Crippen MR) is 146 cm³/mol. The number of carbonyl (C=O) groups excluding carboxylic acids is 3. The third kappa shape index (κ3) is 7.41. The number of hydrogen-bond acceptors (Lipinski definition) is 6. The highest BCUT2D eigenvalue weighted by atomic mass is 16.5. The van der Waals surface area contributed by atoms with Gasteiger partial charge in [-0.3, -0.25) is 19.8 Å². The lowest BCUT2D eigenvalue weighted by atomic mass is 9.74. The Labute approximate surface area is 225 Å². The molecule has 208 valence electrons. The minimum atomic E-state index is -1.17. The number of likely N-dealkylation sites (tertiary alicyclic amines) is 1. The van der Waals surface area contributed by atoms with E-state index in [9.17, 15) is 14.4 Å². The molecule has 1 aliphatic carbocycles. The Morgan fingerprint density at radius 3 is 2.45 bits per heavy atom. The molecular formula is C28H42N6O4. The van der Waals surface area contributed by atoms with E-state index in [-0.39, 0.29) is 19.1 Å². The van der Waals surface area contributed by atoms with Crippen LogP contribution in [0.4, 0.5) is 0 Å². The Bertz CT molecular complexity index is 994. The van der Waals surface area contributed by atoms with Gasteiger partial charge in [0.05, 0.1) is 25.1 Å². The second kappa shape index (κ2) is 13.0. The van der Waals surface area contributed by atoms with Gasteiger partial charge < -0.3 is 30.9 Å². The molecule has 10 heteroatoms. The summed E-state index contributed by atoms with van der Waals surface area (Å²) in [6.07, 6.45) is 8.27. The lowest BCUT2D eigenvalue weighted by Crippen LogP contribution is -2.62. The van der Waals surface area contributed by atoms with E-state index in [0.29, 0.717) is 18.8 Å². The van der Waals surface area contributed by atoms with Crippen LogP contribution in [-0.4, -0.2) is 70.7 Å². The average Bonchev–Trinajstić information content (AvgIpc) is 2.86. The first kappa shape index (κ1) is 29.3. The number of carbonyl (C=O) groups is 3. The van der Waals surface area contributed by atoms with Crippen LogP contribution in [0.1, 0.15) is 58.4 Å². The van der Waals surface area contributed by atoms with Crippen LogP contribution in [0.5, 0.6) is 0 Å². The van der Waals surface area contributed by atoms with Gasteiger partial charge in [-0.15, -0.1) is 0 Å². The van der Waals surface area contributed by atoms with E-state index in [1.54, 1.807) is 24.9 Å². The molecule has 2 aliphatic rings. The van der Waals surface area contributed by atoms with Crippen LogP contribution in [0.25, 0.3) is 0 Å². The molecule has 1 saturated heterocycles. The Balaban J connectivity index is 1.64. The zero-order valence-corrected chi connectivity index (χ0v) is 22.7. The molecule has 0 unspecified atom stereocenters. The van der Waals surface area contributed by atoms with Gasteiger partial charge in [0.1, 0.15) is 11.6 Å². The molecule has 3 amide bonds. The van der Waals surface area contributed by atoms with Gasteiger partial charge >= 0.3 is 0 Å². The molecule has 0 aromatic heterocycles. The number of nitrogens with two attached hydrogens (primary N) is 1. The summed E-state index contributed by atoms with van der Waals surface area (Å²) in [7, 11) is 0. The van der Waals surface area contributed by atoms with E-state index >= 15 is 0 Å². The van der Waals surface area contributed by atoms with Crippen LogP contribution in [-0.2, 0) is 25.7 Å². The van der Waals surface area contributed by atoms with Crippen molar-refractivity contribution >= 4 is 24.1 Å². The van der Waals surface area contributed by atoms with Gasteiger partial charge in [0.25, 0.3) is 0 Å². The largest absolute Gasteiger partial charge is 0.374 e. The van der Waals surface area contributed by atoms with Gasteiger partial charge in [-0.05, 0) is 57.4 Å². The van der Waals surface area contributed by atoms with E-state index < -0.39 is 28.9 Å². The number of nitrogens with one attached hydrogen (secondary N) is 3. The fourth-order valence-corrected chi connectivity index (χ4v) is 4.61. The first-order valence-corrected chi connectivity index (χ1v) is 13.3. The standard InChI is InChI=1S/C28H42N6O4/c1-21-10-15-33(16-11-21)26(37)28(12-7-13-28)34(20-29)17-14-31-24(35)23(32-25(36)27(2,3)30)19-38-18-22-8-5-4-6-9-22/h4-6,8-9,14,17,20-21,23,29H,7,10-13,15-16,18-19,30H2,1-3H3,(H,31,35)(H,32,36)/b17-14+,29-20?/t23-/m1/s1. The van der Waals surface area contributed by atoms with Gasteiger partial charge in [-0.2, -0.15) is 0 Å². The molecule has 1 heterocycles. The molecule has 1 atom stereocenters. The fraction of sp³-hybridized carbons (Fsp3) is 0.571. The molecule has 3 rings (SSSR count). The lowest BCUT2D eigenvalue weighted by Gasteiger charge is -2.49. The number of benzene rings is 1. The summed E-state index contributed by atoms with van der Waals surface area (Å²) in [6.45, 7) is 7.01. The van der Waals surface area contributed by atoms with Crippen molar-refractivity contribution in [2.75, 3.05) is 19.7 Å². The molecule has 1 aromatic rings. The zero-order chi connectivity index (χ0) is 27.8. The second-order valence-corrected chi connectivity index (χ2v) is 11.0. The van der Waals surface area contributed by atoms with Crippen molar-refractivity contribution in [2.45, 2.75) is 76.6 Å². The van der Waals surface area contributed by atoms with Crippen molar-refractivity contribution in [3.05, 3.63) is 48.3 Å². The van der Waals surface area contributed by atoms with Crippen molar-refractivity contribution in [3.63, 3.8) is 0 Å². The molecule has 0 spiro atoms. The van der Waals surface area contributed by atoms with Crippen molar-refractivity contribution in [3.8, 4) is 0 Å². The maximum absolute atomic E-state index is 13.4. The number of nitrogens with zero attached hydrogens (tertiary/aromatic N) is 2. The van der Waals surface area contributed by atoms with E-state index in [0.717, 1.165) is 44.3 Å². The first-order valence-electron chi connectivity index (χ1n) is 13.3. The van der Waals surface area contributed by atoms with E-state index in [1.807, 2.05) is 35.2 Å². The Kier molecular flexibility index (Phi) is 10.0. The SMILES string of the molecule is CC1CCN(C(=O)C2(N(C=N)/C=C/NC(=O)[C@@H](COCc3ccccc3)NC(=O)C(C)(C)N)CCC2)CC1.